The second-order valence-electron chi connectivity index (χ2n) is 4.11. The Labute approximate surface area is 115 Å². The van der Waals surface area contributed by atoms with Crippen molar-refractivity contribution < 1.29 is 8.78 Å². The lowest BCUT2D eigenvalue weighted by Gasteiger charge is -1.99. The van der Waals surface area contributed by atoms with Crippen LogP contribution in [-0.2, 0) is 0 Å². The van der Waals surface area contributed by atoms with E-state index in [-0.39, 0.29) is 11.5 Å². The Morgan fingerprint density at radius 3 is 2.63 bits per heavy atom. The van der Waals surface area contributed by atoms with E-state index in [1.165, 1.54) is 18.2 Å². The van der Waals surface area contributed by atoms with Gasteiger partial charge in [-0.3, -0.25) is 0 Å². The fourth-order valence-corrected chi connectivity index (χ4v) is 2.16. The molecule has 0 amide bonds. The van der Waals surface area contributed by atoms with Crippen molar-refractivity contribution in [1.29, 1.82) is 0 Å². The molecule has 0 fully saturated rings. The monoisotopic (exact) mass is 323 g/mol. The van der Waals surface area contributed by atoms with Crippen LogP contribution in [0.15, 0.2) is 34.8 Å². The molecule has 3 rings (SSSR count). The molecule has 1 aromatic heterocycles. The third-order valence-electron chi connectivity index (χ3n) is 2.79. The Morgan fingerprint density at radius 2 is 1.89 bits per heavy atom. The molecule has 1 heterocycles. The topological polar surface area (TPSA) is 54.7 Å². The van der Waals surface area contributed by atoms with E-state index in [2.05, 4.69) is 25.9 Å². The lowest BCUT2D eigenvalue weighted by molar-refractivity contribution is 0.623. The first-order valence-corrected chi connectivity index (χ1v) is 6.24. The molecule has 2 aromatic carbocycles. The summed E-state index contributed by atoms with van der Waals surface area (Å²) in [5, 5.41) is 0. The molecule has 0 aliphatic rings. The predicted molar refractivity (Wildman–Crippen MR) is 73.6 cm³/mol. The number of imidazole rings is 1. The minimum atomic E-state index is -0.478. The largest absolute Gasteiger partial charge is 0.396 e. The number of hydrogen-bond donors (Lipinski definition) is 2. The molecule has 0 aliphatic heterocycles. The van der Waals surface area contributed by atoms with Gasteiger partial charge in [-0.1, -0.05) is 0 Å². The second-order valence-corrected chi connectivity index (χ2v) is 4.96. The standard InChI is InChI=1S/C13H8BrF2N3/c14-7-4-11-12(5-9(7)16)19-13(18-11)6-1-2-8(15)10(17)3-6/h1-5H,17H2,(H,18,19). The Balaban J connectivity index is 2.17. The van der Waals surface area contributed by atoms with Gasteiger partial charge >= 0.3 is 0 Å². The van der Waals surface area contributed by atoms with Crippen LogP contribution in [0.5, 0.6) is 0 Å². The number of benzene rings is 2. The molecule has 3 nitrogen and oxygen atoms in total. The molecule has 96 valence electrons. The maximum Gasteiger partial charge on any atom is 0.146 e. The maximum absolute atomic E-state index is 13.4. The van der Waals surface area contributed by atoms with E-state index >= 15 is 0 Å². The zero-order valence-electron chi connectivity index (χ0n) is 9.55. The summed E-state index contributed by atoms with van der Waals surface area (Å²) in [5.41, 5.74) is 7.39. The number of nitrogens with one attached hydrogen (secondary N) is 1. The number of aromatic nitrogens is 2. The SMILES string of the molecule is Nc1cc(-c2nc3cc(Br)c(F)cc3[nH]2)ccc1F. The quantitative estimate of drug-likeness (QED) is 0.668. The molecule has 0 bridgehead atoms. The summed E-state index contributed by atoms with van der Waals surface area (Å²) in [4.78, 5) is 7.30. The van der Waals surface area contributed by atoms with Crippen LogP contribution in [0.3, 0.4) is 0 Å². The van der Waals surface area contributed by atoms with Crippen molar-refractivity contribution in [2.45, 2.75) is 0 Å². The van der Waals surface area contributed by atoms with Crippen molar-refractivity contribution >= 4 is 32.7 Å². The molecule has 0 spiro atoms. The summed E-state index contributed by atoms with van der Waals surface area (Å²) >= 11 is 3.10. The first kappa shape index (κ1) is 12.1. The Bertz CT molecular complexity index is 744. The van der Waals surface area contributed by atoms with Gasteiger partial charge in [0.1, 0.15) is 17.5 Å². The number of H-pyrrole nitrogens is 1. The highest BCUT2D eigenvalue weighted by Crippen LogP contribution is 2.26. The summed E-state index contributed by atoms with van der Waals surface area (Å²) in [7, 11) is 0. The molecule has 0 saturated heterocycles. The van der Waals surface area contributed by atoms with E-state index in [0.29, 0.717) is 26.9 Å². The average molecular weight is 324 g/mol. The number of aromatic amines is 1. The van der Waals surface area contributed by atoms with E-state index in [1.807, 2.05) is 0 Å². The van der Waals surface area contributed by atoms with E-state index < -0.39 is 5.82 Å². The average Bonchev–Trinajstić information content (AvgIpc) is 2.76. The van der Waals surface area contributed by atoms with Crippen LogP contribution >= 0.6 is 15.9 Å². The first-order valence-electron chi connectivity index (χ1n) is 5.45. The van der Waals surface area contributed by atoms with Gasteiger partial charge in [-0.15, -0.1) is 0 Å². The van der Waals surface area contributed by atoms with Crippen LogP contribution in [0.1, 0.15) is 0 Å². The van der Waals surface area contributed by atoms with Crippen LogP contribution in [0, 0.1) is 11.6 Å². The minimum absolute atomic E-state index is 0.0466. The minimum Gasteiger partial charge on any atom is -0.396 e. The number of rotatable bonds is 1. The van der Waals surface area contributed by atoms with Gasteiger partial charge in [-0.2, -0.15) is 0 Å². The molecular weight excluding hydrogens is 316 g/mol. The van der Waals surface area contributed by atoms with Crippen molar-refractivity contribution in [3.63, 3.8) is 0 Å². The number of hydrogen-bond acceptors (Lipinski definition) is 2. The van der Waals surface area contributed by atoms with Gasteiger partial charge in [0.2, 0.25) is 0 Å². The molecule has 0 radical (unpaired) electrons. The van der Waals surface area contributed by atoms with Gasteiger partial charge in [0, 0.05) is 11.6 Å². The van der Waals surface area contributed by atoms with Gasteiger partial charge < -0.3 is 10.7 Å². The van der Waals surface area contributed by atoms with Gasteiger partial charge in [0.05, 0.1) is 21.2 Å². The molecule has 19 heavy (non-hydrogen) atoms. The van der Waals surface area contributed by atoms with Crippen LogP contribution in [0.25, 0.3) is 22.4 Å². The highest BCUT2D eigenvalue weighted by atomic mass is 79.9. The van der Waals surface area contributed by atoms with E-state index in [9.17, 15) is 8.78 Å². The van der Waals surface area contributed by atoms with Gasteiger partial charge in [-0.05, 0) is 40.2 Å². The van der Waals surface area contributed by atoms with Gasteiger partial charge in [0.15, 0.2) is 0 Å². The molecule has 0 unspecified atom stereocenters. The van der Waals surface area contributed by atoms with Crippen molar-refractivity contribution in [3.8, 4) is 11.4 Å². The number of anilines is 1. The number of fused-ring (bicyclic) bond motifs is 1. The van der Waals surface area contributed by atoms with E-state index in [1.54, 1.807) is 12.1 Å². The number of halogens is 3. The van der Waals surface area contributed by atoms with Crippen molar-refractivity contribution in [2.24, 2.45) is 0 Å². The second kappa shape index (κ2) is 4.31. The Hall–Kier alpha value is -1.95. The van der Waals surface area contributed by atoms with Gasteiger partial charge in [-0.25, -0.2) is 13.8 Å². The fourth-order valence-electron chi connectivity index (χ4n) is 1.83. The third kappa shape index (κ3) is 2.08. The molecule has 3 N–H and O–H groups in total. The maximum atomic E-state index is 13.4. The van der Waals surface area contributed by atoms with Crippen LogP contribution in [-0.4, -0.2) is 9.97 Å². The summed E-state index contributed by atoms with van der Waals surface area (Å²) in [5.74, 6) is -0.339. The van der Waals surface area contributed by atoms with Crippen molar-refractivity contribution in [1.82, 2.24) is 9.97 Å². The smallest absolute Gasteiger partial charge is 0.146 e. The van der Waals surface area contributed by atoms with E-state index in [4.69, 9.17) is 5.73 Å². The van der Waals surface area contributed by atoms with Crippen molar-refractivity contribution in [3.05, 3.63) is 46.4 Å². The highest BCUT2D eigenvalue weighted by molar-refractivity contribution is 9.10. The fraction of sp³-hybridized carbons (Fsp3) is 0. The number of nitrogens with zero attached hydrogens (tertiary/aromatic N) is 1. The lowest BCUT2D eigenvalue weighted by Crippen LogP contribution is -1.91. The van der Waals surface area contributed by atoms with Gasteiger partial charge in [0.25, 0.3) is 0 Å². The molecule has 0 aliphatic carbocycles. The number of nitrogens with two attached hydrogens (primary N) is 1. The summed E-state index contributed by atoms with van der Waals surface area (Å²) in [6.07, 6.45) is 0. The Kier molecular flexibility index (Phi) is 2.74. The molecule has 0 atom stereocenters. The third-order valence-corrected chi connectivity index (χ3v) is 3.40. The zero-order chi connectivity index (χ0) is 13.6. The number of nitrogen functional groups attached to an aromatic ring is 1. The zero-order valence-corrected chi connectivity index (χ0v) is 11.1. The molecule has 6 heteroatoms. The lowest BCUT2D eigenvalue weighted by atomic mass is 10.2. The summed E-state index contributed by atoms with van der Waals surface area (Å²) < 4.78 is 26.9. The molecule has 0 saturated carbocycles. The predicted octanol–water partition coefficient (Wildman–Crippen LogP) is 3.85. The van der Waals surface area contributed by atoms with E-state index in [0.717, 1.165) is 0 Å². The van der Waals surface area contributed by atoms with Crippen LogP contribution in [0.2, 0.25) is 0 Å². The highest BCUT2D eigenvalue weighted by Gasteiger charge is 2.10. The summed E-state index contributed by atoms with van der Waals surface area (Å²) in [6.45, 7) is 0. The summed E-state index contributed by atoms with van der Waals surface area (Å²) in [6, 6.07) is 7.25. The molecule has 3 aromatic rings. The van der Waals surface area contributed by atoms with Crippen molar-refractivity contribution in [2.75, 3.05) is 5.73 Å². The Morgan fingerprint density at radius 1 is 1.11 bits per heavy atom. The molecular formula is C13H8BrF2N3. The van der Waals surface area contributed by atoms with Crippen LogP contribution < -0.4 is 5.73 Å². The first-order chi connectivity index (χ1) is 9.04. The van der Waals surface area contributed by atoms with Crippen LogP contribution in [0.4, 0.5) is 14.5 Å². The normalized spacial score (nSPS) is 11.1.